The first kappa shape index (κ1) is 19.9. The van der Waals surface area contributed by atoms with Gasteiger partial charge in [0.25, 0.3) is 10.0 Å². The Balaban J connectivity index is 0.00000264. The quantitative estimate of drug-likeness (QED) is 0.589. The molecular weight excluding hydrogens is 329 g/mol. The van der Waals surface area contributed by atoms with E-state index in [1.165, 1.54) is 30.6 Å². The summed E-state index contributed by atoms with van der Waals surface area (Å²) in [5, 5.41) is 20.2. The van der Waals surface area contributed by atoms with Crippen LogP contribution >= 0.6 is 0 Å². The number of aliphatic hydroxyl groups excluding tert-OH is 1. The van der Waals surface area contributed by atoms with Crippen molar-refractivity contribution in [3.8, 4) is 0 Å². The molecule has 0 aliphatic rings. The van der Waals surface area contributed by atoms with E-state index in [1.807, 2.05) is 6.92 Å². The summed E-state index contributed by atoms with van der Waals surface area (Å²) in [5.74, 6) is -1.26. The van der Waals surface area contributed by atoms with Crippen LogP contribution in [-0.2, 0) is 14.8 Å². The summed E-state index contributed by atoms with van der Waals surface area (Å²) in [6, 6.07) is 7.87. The second-order valence-electron chi connectivity index (χ2n) is 5.02. The first-order valence-electron chi connectivity index (χ1n) is 6.69. The molecule has 1 atom stereocenters. The molecule has 1 aromatic carbocycles. The fraction of sp³-hybridized carbons (Fsp3) is 0.267. The van der Waals surface area contributed by atoms with E-state index in [9.17, 15) is 23.4 Å². The van der Waals surface area contributed by atoms with Crippen molar-refractivity contribution in [1.82, 2.24) is 3.97 Å². The first-order chi connectivity index (χ1) is 10.3. The SMILES string of the molecule is Cc1ccc(S(=O)(=O)n2ccc(C(O)CCC(=O)[O-])c2)cc1.[Na+]. The van der Waals surface area contributed by atoms with Crippen molar-refractivity contribution >= 4 is 16.0 Å². The van der Waals surface area contributed by atoms with E-state index in [0.717, 1.165) is 9.54 Å². The Labute approximate surface area is 157 Å². The number of rotatable bonds is 6. The topological polar surface area (TPSA) is 99.4 Å². The van der Waals surface area contributed by atoms with E-state index in [1.54, 1.807) is 12.1 Å². The van der Waals surface area contributed by atoms with E-state index in [0.29, 0.717) is 5.56 Å². The molecule has 0 saturated carbocycles. The molecule has 23 heavy (non-hydrogen) atoms. The van der Waals surface area contributed by atoms with E-state index in [2.05, 4.69) is 0 Å². The van der Waals surface area contributed by atoms with Gasteiger partial charge in [-0.1, -0.05) is 17.7 Å². The number of carboxylic acid groups (broad SMARTS) is 1. The molecule has 1 N–H and O–H groups in total. The molecule has 0 saturated heterocycles. The Morgan fingerprint density at radius 1 is 1.26 bits per heavy atom. The minimum Gasteiger partial charge on any atom is -0.550 e. The molecule has 1 unspecified atom stereocenters. The zero-order chi connectivity index (χ0) is 16.3. The monoisotopic (exact) mass is 345 g/mol. The third kappa shape index (κ3) is 4.92. The van der Waals surface area contributed by atoms with Gasteiger partial charge < -0.3 is 15.0 Å². The minimum absolute atomic E-state index is 0. The first-order valence-corrected chi connectivity index (χ1v) is 8.13. The molecule has 1 aromatic heterocycles. The van der Waals surface area contributed by atoms with E-state index in [4.69, 9.17) is 0 Å². The van der Waals surface area contributed by atoms with Crippen LogP contribution in [0.2, 0.25) is 0 Å². The molecular formula is C15H16NNaO5S. The van der Waals surface area contributed by atoms with Crippen molar-refractivity contribution in [1.29, 1.82) is 0 Å². The fourth-order valence-electron chi connectivity index (χ4n) is 1.99. The largest absolute Gasteiger partial charge is 1.00 e. The summed E-state index contributed by atoms with van der Waals surface area (Å²) in [6.07, 6.45) is 1.24. The number of aliphatic carboxylic acids is 1. The fourth-order valence-corrected chi connectivity index (χ4v) is 3.20. The standard InChI is InChI=1S/C15H17NO5S.Na/c1-11-2-4-13(5-3-11)22(20,21)16-9-8-12(10-16)14(17)6-7-15(18)19;/h2-5,8-10,14,17H,6-7H2,1H3,(H,18,19);/q;+1/p-1. The Morgan fingerprint density at radius 3 is 2.43 bits per heavy atom. The minimum atomic E-state index is -3.72. The van der Waals surface area contributed by atoms with Crippen molar-refractivity contribution in [3.05, 3.63) is 53.9 Å². The number of aryl methyl sites for hydroxylation is 1. The molecule has 0 spiro atoms. The molecule has 118 valence electrons. The zero-order valence-electron chi connectivity index (χ0n) is 13.0. The Morgan fingerprint density at radius 2 is 1.87 bits per heavy atom. The van der Waals surface area contributed by atoms with Gasteiger partial charge in [0, 0.05) is 18.4 Å². The number of nitrogens with zero attached hydrogens (tertiary/aromatic N) is 1. The van der Waals surface area contributed by atoms with E-state index >= 15 is 0 Å². The molecule has 0 bridgehead atoms. The second-order valence-corrected chi connectivity index (χ2v) is 6.86. The molecule has 0 fully saturated rings. The number of aliphatic hydroxyl groups is 1. The number of hydrogen-bond donors (Lipinski definition) is 1. The van der Waals surface area contributed by atoms with Gasteiger partial charge in [-0.3, -0.25) is 0 Å². The van der Waals surface area contributed by atoms with Crippen LogP contribution in [0.3, 0.4) is 0 Å². The van der Waals surface area contributed by atoms with Gasteiger partial charge in [-0.2, -0.15) is 0 Å². The molecule has 0 radical (unpaired) electrons. The molecule has 2 aromatic rings. The molecule has 0 amide bonds. The number of carboxylic acids is 1. The Hall–Kier alpha value is -1.12. The number of benzene rings is 1. The van der Waals surface area contributed by atoms with Crippen LogP contribution < -0.4 is 34.7 Å². The van der Waals surface area contributed by atoms with Crippen LogP contribution in [0.1, 0.15) is 30.1 Å². The Kier molecular flexibility index (Phi) is 7.03. The van der Waals surface area contributed by atoms with Gasteiger partial charge in [-0.05, 0) is 43.5 Å². The normalized spacial score (nSPS) is 12.4. The maximum Gasteiger partial charge on any atom is 1.00 e. The second kappa shape index (κ2) is 8.12. The van der Waals surface area contributed by atoms with E-state index < -0.39 is 22.1 Å². The summed E-state index contributed by atoms with van der Waals surface area (Å²) in [4.78, 5) is 10.5. The van der Waals surface area contributed by atoms with Gasteiger partial charge in [-0.25, -0.2) is 12.4 Å². The maximum atomic E-state index is 12.4. The summed E-state index contributed by atoms with van der Waals surface area (Å²) in [7, 11) is -3.72. The van der Waals surface area contributed by atoms with Gasteiger partial charge in [-0.15, -0.1) is 0 Å². The van der Waals surface area contributed by atoms with E-state index in [-0.39, 0.29) is 47.3 Å². The summed E-state index contributed by atoms with van der Waals surface area (Å²) < 4.78 is 25.9. The summed E-state index contributed by atoms with van der Waals surface area (Å²) in [5.41, 5.74) is 1.29. The molecule has 0 aliphatic heterocycles. The molecule has 0 aliphatic carbocycles. The van der Waals surface area contributed by atoms with Crippen molar-refractivity contribution in [2.45, 2.75) is 30.8 Å². The van der Waals surface area contributed by atoms with Crippen LogP contribution in [0.25, 0.3) is 0 Å². The average molecular weight is 345 g/mol. The van der Waals surface area contributed by atoms with Crippen LogP contribution in [0, 0.1) is 6.92 Å². The van der Waals surface area contributed by atoms with Crippen molar-refractivity contribution in [2.75, 3.05) is 0 Å². The molecule has 2 rings (SSSR count). The zero-order valence-corrected chi connectivity index (χ0v) is 15.8. The smallest absolute Gasteiger partial charge is 0.550 e. The van der Waals surface area contributed by atoms with Gasteiger partial charge in [0.2, 0.25) is 0 Å². The van der Waals surface area contributed by atoms with Crippen molar-refractivity contribution < 1.29 is 53.0 Å². The number of aromatic nitrogens is 1. The van der Waals surface area contributed by atoms with Crippen molar-refractivity contribution in [3.63, 3.8) is 0 Å². The van der Waals surface area contributed by atoms with Gasteiger partial charge in [0.1, 0.15) is 0 Å². The van der Waals surface area contributed by atoms with Crippen LogP contribution in [-0.4, -0.2) is 23.5 Å². The van der Waals surface area contributed by atoms with Gasteiger partial charge in [0.05, 0.1) is 11.0 Å². The number of carbonyl (C=O) groups excluding carboxylic acids is 1. The summed E-state index contributed by atoms with van der Waals surface area (Å²) >= 11 is 0. The molecule has 8 heteroatoms. The predicted molar refractivity (Wildman–Crippen MR) is 77.4 cm³/mol. The van der Waals surface area contributed by atoms with Gasteiger partial charge >= 0.3 is 29.6 Å². The Bertz CT molecular complexity index is 767. The van der Waals surface area contributed by atoms with Crippen molar-refractivity contribution in [2.24, 2.45) is 0 Å². The van der Waals surface area contributed by atoms with Crippen LogP contribution in [0.4, 0.5) is 0 Å². The maximum absolute atomic E-state index is 12.4. The van der Waals surface area contributed by atoms with Crippen LogP contribution in [0.15, 0.2) is 47.6 Å². The summed E-state index contributed by atoms with van der Waals surface area (Å²) in [6.45, 7) is 1.86. The molecule has 1 heterocycles. The third-order valence-electron chi connectivity index (χ3n) is 3.29. The van der Waals surface area contributed by atoms with Crippen LogP contribution in [0.5, 0.6) is 0 Å². The number of hydrogen-bond acceptors (Lipinski definition) is 5. The average Bonchev–Trinajstić information content (AvgIpc) is 2.95. The van der Waals surface area contributed by atoms with Gasteiger partial charge in [0.15, 0.2) is 0 Å². The number of carbonyl (C=O) groups is 1. The predicted octanol–water partition coefficient (Wildman–Crippen LogP) is -2.40. The third-order valence-corrected chi connectivity index (χ3v) is 4.94. The molecule has 6 nitrogen and oxygen atoms in total.